The number of hydrogen-bond acceptors (Lipinski definition) is 3. The van der Waals surface area contributed by atoms with Crippen LogP contribution in [0.25, 0.3) is 21.8 Å². The average Bonchev–Trinajstić information content (AvgIpc) is 3.35. The van der Waals surface area contributed by atoms with E-state index in [1.54, 1.807) is 28.9 Å². The van der Waals surface area contributed by atoms with Gasteiger partial charge in [-0.25, -0.2) is 4.79 Å². The molecule has 0 atom stereocenters. The Morgan fingerprint density at radius 1 is 1.08 bits per heavy atom. The van der Waals surface area contributed by atoms with Crippen LogP contribution in [0.15, 0.2) is 73.1 Å². The summed E-state index contributed by atoms with van der Waals surface area (Å²) in [5, 5.41) is 19.6. The number of rotatable bonds is 6. The molecule has 0 unspecified atom stereocenters. The van der Waals surface area contributed by atoms with Crippen LogP contribution in [0.3, 0.4) is 0 Å². The summed E-state index contributed by atoms with van der Waals surface area (Å²) in [5.74, 6) is -1.15. The maximum Gasteiger partial charge on any atom is 0.335 e. The number of halogens is 1. The molecule has 0 bridgehead atoms. The van der Waals surface area contributed by atoms with Gasteiger partial charge in [-0.15, -0.1) is 0 Å². The van der Waals surface area contributed by atoms with Crippen LogP contribution in [0.4, 0.5) is 0 Å². The van der Waals surface area contributed by atoms with Crippen molar-refractivity contribution in [3.8, 4) is 0 Å². The minimum absolute atomic E-state index is 0.182. The monoisotopic (exact) mass is 498 g/mol. The first-order valence-corrected chi connectivity index (χ1v) is 12.1. The highest BCUT2D eigenvalue weighted by atomic mass is 35.5. The Balaban J connectivity index is 1.42. The first-order valence-electron chi connectivity index (χ1n) is 11.7. The molecule has 2 N–H and O–H groups in total. The van der Waals surface area contributed by atoms with Crippen LogP contribution in [0.5, 0.6) is 0 Å². The molecule has 1 aliphatic carbocycles. The van der Waals surface area contributed by atoms with E-state index in [1.807, 2.05) is 55.8 Å². The zero-order valence-corrected chi connectivity index (χ0v) is 20.3. The van der Waals surface area contributed by atoms with Gasteiger partial charge in [0.25, 0.3) is 5.91 Å². The Hall–Kier alpha value is -4.10. The molecule has 2 aromatic heterocycles. The lowest BCUT2D eigenvalue weighted by Crippen LogP contribution is -2.35. The Bertz CT molecular complexity index is 1660. The number of carbonyl (C=O) groups excluding carboxylic acids is 1. The standard InChI is InChI=1S/C28H23ClN4O3/c1-32-16-23-21-9-12-33(15-17-3-2-4-20(29)13-17)25(21)22(14-24(23)31-32)26(34)30-28(10-11-28)19-7-5-18(6-8-19)27(35)36/h2-9,12-14,16H,10-11,15H2,1H3,(H,30,34)(H,35,36). The molecule has 0 aliphatic heterocycles. The van der Waals surface area contributed by atoms with Gasteiger partial charge in [0.2, 0.25) is 0 Å². The van der Waals surface area contributed by atoms with Crippen LogP contribution in [0, 0.1) is 0 Å². The van der Waals surface area contributed by atoms with E-state index in [0.717, 1.165) is 45.8 Å². The Labute approximate surface area is 211 Å². The Morgan fingerprint density at radius 3 is 2.56 bits per heavy atom. The van der Waals surface area contributed by atoms with Gasteiger partial charge in [0.15, 0.2) is 0 Å². The van der Waals surface area contributed by atoms with Gasteiger partial charge in [0.1, 0.15) is 0 Å². The number of fused-ring (bicyclic) bond motifs is 3. The summed E-state index contributed by atoms with van der Waals surface area (Å²) in [5.41, 5.74) is 3.82. The summed E-state index contributed by atoms with van der Waals surface area (Å²) in [6.07, 6.45) is 5.55. The number of carboxylic acids is 1. The van der Waals surface area contributed by atoms with Crippen molar-refractivity contribution >= 4 is 45.3 Å². The molecule has 5 aromatic rings. The van der Waals surface area contributed by atoms with Crippen molar-refractivity contribution in [1.82, 2.24) is 19.7 Å². The van der Waals surface area contributed by atoms with Gasteiger partial charge in [-0.05, 0) is 60.4 Å². The molecule has 1 saturated carbocycles. The van der Waals surface area contributed by atoms with E-state index >= 15 is 0 Å². The van der Waals surface area contributed by atoms with E-state index in [2.05, 4.69) is 15.0 Å². The molecule has 6 rings (SSSR count). The highest BCUT2D eigenvalue weighted by Gasteiger charge is 2.46. The van der Waals surface area contributed by atoms with Crippen molar-refractivity contribution in [2.45, 2.75) is 24.9 Å². The summed E-state index contributed by atoms with van der Waals surface area (Å²) >= 11 is 6.21. The minimum atomic E-state index is -0.970. The normalized spacial score (nSPS) is 14.3. The second kappa shape index (κ2) is 8.24. The van der Waals surface area contributed by atoms with Crippen LogP contribution in [0.2, 0.25) is 5.02 Å². The molecule has 180 valence electrons. The van der Waals surface area contributed by atoms with Crippen molar-refractivity contribution in [2.75, 3.05) is 0 Å². The fourth-order valence-corrected chi connectivity index (χ4v) is 5.19. The van der Waals surface area contributed by atoms with Gasteiger partial charge < -0.3 is 15.0 Å². The summed E-state index contributed by atoms with van der Waals surface area (Å²) in [6.45, 7) is 0.567. The van der Waals surface area contributed by atoms with Crippen LogP contribution < -0.4 is 5.32 Å². The van der Waals surface area contributed by atoms with Crippen LogP contribution in [-0.2, 0) is 19.1 Å². The number of aromatic nitrogens is 3. The van der Waals surface area contributed by atoms with E-state index in [4.69, 9.17) is 11.6 Å². The third kappa shape index (κ3) is 3.82. The second-order valence-electron chi connectivity index (χ2n) is 9.41. The summed E-state index contributed by atoms with van der Waals surface area (Å²) in [6, 6.07) is 18.3. The number of nitrogens with one attached hydrogen (secondary N) is 1. The van der Waals surface area contributed by atoms with Crippen LogP contribution in [0.1, 0.15) is 44.7 Å². The van der Waals surface area contributed by atoms with Crippen LogP contribution >= 0.6 is 11.6 Å². The number of carboxylic acid groups (broad SMARTS) is 1. The fourth-order valence-electron chi connectivity index (χ4n) is 4.98. The first kappa shape index (κ1) is 22.4. The van der Waals surface area contributed by atoms with Gasteiger partial charge in [-0.1, -0.05) is 35.9 Å². The lowest BCUT2D eigenvalue weighted by molar-refractivity contribution is 0.0696. The number of aryl methyl sites for hydroxylation is 1. The maximum atomic E-state index is 13.8. The number of carbonyl (C=O) groups is 2. The second-order valence-corrected chi connectivity index (χ2v) is 9.85. The molecule has 1 fully saturated rings. The molecule has 1 aliphatic rings. The van der Waals surface area contributed by atoms with Gasteiger partial charge in [-0.2, -0.15) is 5.10 Å². The van der Waals surface area contributed by atoms with Crippen molar-refractivity contribution < 1.29 is 14.7 Å². The lowest BCUT2D eigenvalue weighted by Gasteiger charge is -2.19. The third-order valence-corrected chi connectivity index (χ3v) is 7.16. The average molecular weight is 499 g/mol. The van der Waals surface area contributed by atoms with E-state index < -0.39 is 11.5 Å². The van der Waals surface area contributed by atoms with Gasteiger partial charge in [0, 0.05) is 41.8 Å². The smallest absolute Gasteiger partial charge is 0.335 e. The number of benzene rings is 3. The zero-order valence-electron chi connectivity index (χ0n) is 19.5. The molecule has 36 heavy (non-hydrogen) atoms. The zero-order chi connectivity index (χ0) is 25.0. The van der Waals surface area contributed by atoms with Gasteiger partial charge in [-0.3, -0.25) is 9.48 Å². The summed E-state index contributed by atoms with van der Waals surface area (Å²) < 4.78 is 3.83. The largest absolute Gasteiger partial charge is 0.478 e. The topological polar surface area (TPSA) is 89.1 Å². The van der Waals surface area contributed by atoms with E-state index in [9.17, 15) is 14.7 Å². The highest BCUT2D eigenvalue weighted by molar-refractivity contribution is 6.30. The lowest BCUT2D eigenvalue weighted by atomic mass is 10.0. The highest BCUT2D eigenvalue weighted by Crippen LogP contribution is 2.46. The predicted octanol–water partition coefficient (Wildman–Crippen LogP) is 5.35. The molecular formula is C28H23ClN4O3. The van der Waals surface area contributed by atoms with E-state index in [1.165, 1.54) is 0 Å². The molecule has 0 radical (unpaired) electrons. The summed E-state index contributed by atoms with van der Waals surface area (Å²) in [7, 11) is 1.87. The quantitative estimate of drug-likeness (QED) is 0.330. The maximum absolute atomic E-state index is 13.8. The molecule has 3 aromatic carbocycles. The van der Waals surface area contributed by atoms with Gasteiger partial charge >= 0.3 is 5.97 Å². The number of hydrogen-bond donors (Lipinski definition) is 2. The van der Waals surface area contributed by atoms with E-state index in [-0.39, 0.29) is 11.5 Å². The third-order valence-electron chi connectivity index (χ3n) is 6.92. The Morgan fingerprint density at radius 2 is 1.86 bits per heavy atom. The van der Waals surface area contributed by atoms with Crippen molar-refractivity contribution in [3.05, 3.63) is 100 Å². The predicted molar refractivity (Wildman–Crippen MR) is 139 cm³/mol. The Kier molecular flexibility index (Phi) is 5.12. The SMILES string of the molecule is Cn1cc2c(cc(C(=O)NC3(c4ccc(C(=O)O)cc4)CC3)c3c2ccn3Cc2cccc(Cl)c2)n1. The molecule has 8 heteroatoms. The number of nitrogens with zero attached hydrogens (tertiary/aromatic N) is 3. The number of aromatic carboxylic acids is 1. The van der Waals surface area contributed by atoms with Crippen molar-refractivity contribution in [2.24, 2.45) is 7.05 Å². The minimum Gasteiger partial charge on any atom is -0.478 e. The van der Waals surface area contributed by atoms with E-state index in [0.29, 0.717) is 17.1 Å². The van der Waals surface area contributed by atoms with Crippen molar-refractivity contribution in [1.29, 1.82) is 0 Å². The van der Waals surface area contributed by atoms with Crippen molar-refractivity contribution in [3.63, 3.8) is 0 Å². The molecule has 0 spiro atoms. The molecule has 7 nitrogen and oxygen atoms in total. The molecular weight excluding hydrogens is 476 g/mol. The molecule has 2 heterocycles. The number of amides is 1. The molecule has 1 amide bonds. The fraction of sp³-hybridized carbons (Fsp3) is 0.179. The van der Waals surface area contributed by atoms with Gasteiger partial charge in [0.05, 0.1) is 27.7 Å². The summed E-state index contributed by atoms with van der Waals surface area (Å²) in [4.78, 5) is 25.0. The molecule has 0 saturated heterocycles. The van der Waals surface area contributed by atoms with Crippen LogP contribution in [-0.4, -0.2) is 31.3 Å². The first-order chi connectivity index (χ1) is 17.3.